The van der Waals surface area contributed by atoms with Gasteiger partial charge in [-0.05, 0) is 32.5 Å². The molecular formula is C14H18FNO3. The van der Waals surface area contributed by atoms with Gasteiger partial charge in [-0.3, -0.25) is 4.79 Å². The van der Waals surface area contributed by atoms with Gasteiger partial charge in [0.15, 0.2) is 17.3 Å². The average molecular weight is 267 g/mol. The fourth-order valence-corrected chi connectivity index (χ4v) is 2.08. The number of halogens is 1. The number of ketones is 1. The van der Waals surface area contributed by atoms with Crippen molar-refractivity contribution in [2.24, 2.45) is 5.73 Å². The summed E-state index contributed by atoms with van der Waals surface area (Å²) < 4.78 is 25.1. The van der Waals surface area contributed by atoms with Crippen LogP contribution in [0.2, 0.25) is 0 Å². The average Bonchev–Trinajstić information content (AvgIpc) is 2.36. The Balaban J connectivity index is 2.52. The van der Waals surface area contributed by atoms with Gasteiger partial charge >= 0.3 is 0 Å². The third-order valence-corrected chi connectivity index (χ3v) is 2.99. The van der Waals surface area contributed by atoms with Crippen LogP contribution in [0.25, 0.3) is 0 Å². The van der Waals surface area contributed by atoms with Crippen molar-refractivity contribution in [3.8, 4) is 11.5 Å². The Hall–Kier alpha value is -1.62. The lowest BCUT2D eigenvalue weighted by Gasteiger charge is -2.24. The Morgan fingerprint density at radius 1 is 1.32 bits per heavy atom. The van der Waals surface area contributed by atoms with Crippen molar-refractivity contribution in [2.75, 3.05) is 19.8 Å². The molecule has 0 radical (unpaired) electrons. The monoisotopic (exact) mass is 267 g/mol. The van der Waals surface area contributed by atoms with Gasteiger partial charge in [0.25, 0.3) is 0 Å². The van der Waals surface area contributed by atoms with Gasteiger partial charge in [0, 0.05) is 17.5 Å². The number of benzene rings is 1. The molecule has 104 valence electrons. The van der Waals surface area contributed by atoms with Crippen molar-refractivity contribution in [2.45, 2.75) is 25.9 Å². The van der Waals surface area contributed by atoms with Gasteiger partial charge in [-0.1, -0.05) is 0 Å². The molecule has 0 saturated heterocycles. The van der Waals surface area contributed by atoms with Crippen molar-refractivity contribution < 1.29 is 18.7 Å². The summed E-state index contributed by atoms with van der Waals surface area (Å²) in [7, 11) is 0. The molecule has 0 bridgehead atoms. The molecule has 0 unspecified atom stereocenters. The van der Waals surface area contributed by atoms with E-state index in [1.54, 1.807) is 12.1 Å². The van der Waals surface area contributed by atoms with E-state index in [4.69, 9.17) is 15.2 Å². The Labute approximate surface area is 111 Å². The van der Waals surface area contributed by atoms with E-state index >= 15 is 0 Å². The van der Waals surface area contributed by atoms with Crippen LogP contribution < -0.4 is 15.2 Å². The molecule has 1 heterocycles. The van der Waals surface area contributed by atoms with Gasteiger partial charge in [0.2, 0.25) is 0 Å². The molecule has 0 atom stereocenters. The van der Waals surface area contributed by atoms with Gasteiger partial charge in [0.1, 0.15) is 18.9 Å². The van der Waals surface area contributed by atoms with E-state index in [1.165, 1.54) is 13.8 Å². The quantitative estimate of drug-likeness (QED) is 0.849. The standard InChI is InChI=1S/C14H18FNO3/c1-14(2,15)10-8-13-12(18-5-6-19-13)7-9(10)11(17)3-4-16/h7-8H,3-6,16H2,1-2H3. The minimum Gasteiger partial charge on any atom is -0.486 e. The van der Waals surface area contributed by atoms with E-state index in [1.807, 2.05) is 0 Å². The largest absolute Gasteiger partial charge is 0.486 e. The third-order valence-electron chi connectivity index (χ3n) is 2.99. The van der Waals surface area contributed by atoms with Crippen LogP contribution in [0.5, 0.6) is 11.5 Å². The fraction of sp³-hybridized carbons (Fsp3) is 0.500. The van der Waals surface area contributed by atoms with Crippen LogP contribution in [-0.2, 0) is 5.67 Å². The third kappa shape index (κ3) is 2.87. The van der Waals surface area contributed by atoms with E-state index in [-0.39, 0.29) is 18.7 Å². The lowest BCUT2D eigenvalue weighted by molar-refractivity contribution is 0.0976. The predicted molar refractivity (Wildman–Crippen MR) is 69.6 cm³/mol. The molecule has 19 heavy (non-hydrogen) atoms. The van der Waals surface area contributed by atoms with Gasteiger partial charge < -0.3 is 15.2 Å². The summed E-state index contributed by atoms with van der Waals surface area (Å²) in [6.45, 7) is 3.92. The molecule has 1 aromatic rings. The highest BCUT2D eigenvalue weighted by Gasteiger charge is 2.28. The van der Waals surface area contributed by atoms with E-state index in [2.05, 4.69) is 0 Å². The van der Waals surface area contributed by atoms with Crippen molar-refractivity contribution in [1.82, 2.24) is 0 Å². The van der Waals surface area contributed by atoms with Crippen LogP contribution >= 0.6 is 0 Å². The molecule has 0 fully saturated rings. The second-order valence-corrected chi connectivity index (χ2v) is 4.98. The first kappa shape index (κ1) is 13.8. The molecule has 5 heteroatoms. The molecule has 0 aromatic heterocycles. The van der Waals surface area contributed by atoms with Gasteiger partial charge in [-0.2, -0.15) is 0 Å². The van der Waals surface area contributed by atoms with E-state index in [0.29, 0.717) is 35.8 Å². The Bertz CT molecular complexity index is 494. The molecule has 1 aromatic carbocycles. The van der Waals surface area contributed by atoms with Gasteiger partial charge in [0.05, 0.1) is 0 Å². The molecule has 0 spiro atoms. The molecule has 2 rings (SSSR count). The number of fused-ring (bicyclic) bond motifs is 1. The normalized spacial score (nSPS) is 14.3. The van der Waals surface area contributed by atoms with Gasteiger partial charge in [-0.25, -0.2) is 4.39 Å². The smallest absolute Gasteiger partial charge is 0.164 e. The van der Waals surface area contributed by atoms with Crippen molar-refractivity contribution >= 4 is 5.78 Å². The first-order chi connectivity index (χ1) is 8.93. The molecule has 0 aliphatic carbocycles. The zero-order chi connectivity index (χ0) is 14.0. The second kappa shape index (κ2) is 5.17. The topological polar surface area (TPSA) is 61.6 Å². The van der Waals surface area contributed by atoms with Gasteiger partial charge in [-0.15, -0.1) is 0 Å². The second-order valence-electron chi connectivity index (χ2n) is 4.98. The molecule has 0 saturated carbocycles. The summed E-state index contributed by atoms with van der Waals surface area (Å²) in [6.07, 6.45) is 0.183. The van der Waals surface area contributed by atoms with E-state index < -0.39 is 5.67 Å². The lowest BCUT2D eigenvalue weighted by Crippen LogP contribution is -2.21. The Morgan fingerprint density at radius 2 is 1.89 bits per heavy atom. The zero-order valence-corrected chi connectivity index (χ0v) is 11.2. The maximum absolute atomic E-state index is 14.3. The SMILES string of the molecule is CC(C)(F)c1cc2c(cc1C(=O)CCN)OCCO2. The molecular weight excluding hydrogens is 249 g/mol. The first-order valence-electron chi connectivity index (χ1n) is 6.30. The van der Waals surface area contributed by atoms with Crippen LogP contribution in [-0.4, -0.2) is 25.5 Å². The Kier molecular flexibility index (Phi) is 3.75. The predicted octanol–water partition coefficient (Wildman–Crippen LogP) is 2.19. The van der Waals surface area contributed by atoms with Crippen LogP contribution in [0.4, 0.5) is 4.39 Å². The number of carbonyl (C=O) groups excluding carboxylic acids is 1. The number of hydrogen-bond acceptors (Lipinski definition) is 4. The minimum atomic E-state index is -1.63. The first-order valence-corrected chi connectivity index (χ1v) is 6.30. The lowest BCUT2D eigenvalue weighted by atomic mass is 9.91. The summed E-state index contributed by atoms with van der Waals surface area (Å²) in [4.78, 5) is 12.1. The van der Waals surface area contributed by atoms with Crippen LogP contribution in [0.3, 0.4) is 0 Å². The number of alkyl halides is 1. The minimum absolute atomic E-state index is 0.180. The molecule has 0 amide bonds. The summed E-state index contributed by atoms with van der Waals surface area (Å²) in [6, 6.07) is 3.11. The van der Waals surface area contributed by atoms with E-state index in [0.717, 1.165) is 0 Å². The molecule has 1 aliphatic heterocycles. The number of hydrogen-bond donors (Lipinski definition) is 1. The summed E-state index contributed by atoms with van der Waals surface area (Å²) in [5, 5.41) is 0. The number of carbonyl (C=O) groups is 1. The highest BCUT2D eigenvalue weighted by Crippen LogP contribution is 2.38. The summed E-state index contributed by atoms with van der Waals surface area (Å²) in [5.74, 6) is 0.788. The highest BCUT2D eigenvalue weighted by atomic mass is 19.1. The summed E-state index contributed by atoms with van der Waals surface area (Å²) >= 11 is 0. The van der Waals surface area contributed by atoms with E-state index in [9.17, 15) is 9.18 Å². The number of nitrogens with two attached hydrogens (primary N) is 1. The summed E-state index contributed by atoms with van der Waals surface area (Å²) in [5.41, 5.74) is 4.40. The molecule has 1 aliphatic rings. The fourth-order valence-electron chi connectivity index (χ4n) is 2.08. The molecule has 2 N–H and O–H groups in total. The van der Waals surface area contributed by atoms with Crippen LogP contribution in [0, 0.1) is 0 Å². The van der Waals surface area contributed by atoms with Crippen molar-refractivity contribution in [3.05, 3.63) is 23.3 Å². The number of rotatable bonds is 4. The van der Waals surface area contributed by atoms with Crippen molar-refractivity contribution in [3.63, 3.8) is 0 Å². The van der Waals surface area contributed by atoms with Crippen LogP contribution in [0.15, 0.2) is 12.1 Å². The highest BCUT2D eigenvalue weighted by molar-refractivity contribution is 5.98. The van der Waals surface area contributed by atoms with Crippen LogP contribution in [0.1, 0.15) is 36.2 Å². The molecule has 4 nitrogen and oxygen atoms in total. The number of ether oxygens (including phenoxy) is 2. The maximum atomic E-state index is 14.3. The maximum Gasteiger partial charge on any atom is 0.164 e. The zero-order valence-electron chi connectivity index (χ0n) is 11.2. The Morgan fingerprint density at radius 3 is 2.42 bits per heavy atom. The number of Topliss-reactive ketones (excluding diaryl/α,β-unsaturated/α-hetero) is 1. The van der Waals surface area contributed by atoms with Crippen molar-refractivity contribution in [1.29, 1.82) is 0 Å².